The Bertz CT molecular complexity index is 1120. The highest BCUT2D eigenvalue weighted by atomic mass is 28.3. The van der Waals surface area contributed by atoms with Crippen molar-refractivity contribution in [2.45, 2.75) is 59.2 Å². The number of nitrogen functional groups attached to an aromatic ring is 1. The largest absolute Gasteiger partial charge is 0.394 e. The molecule has 0 atom stereocenters. The van der Waals surface area contributed by atoms with Crippen molar-refractivity contribution in [3.63, 3.8) is 0 Å². The molecule has 0 amide bonds. The Morgan fingerprint density at radius 1 is 1.29 bits per heavy atom. The predicted molar refractivity (Wildman–Crippen MR) is 127 cm³/mol. The van der Waals surface area contributed by atoms with Gasteiger partial charge in [-0.05, 0) is 36.6 Å². The third-order valence-corrected chi connectivity index (χ3v) is 6.97. The molecule has 3 aromatic rings. The molecule has 0 unspecified atom stereocenters. The van der Waals surface area contributed by atoms with Crippen LogP contribution in [0, 0.1) is 11.7 Å². The third kappa shape index (κ3) is 5.62. The van der Waals surface area contributed by atoms with Crippen molar-refractivity contribution in [3.8, 4) is 0 Å². The second kappa shape index (κ2) is 9.36. The summed E-state index contributed by atoms with van der Waals surface area (Å²) in [4.78, 5) is 16.8. The zero-order valence-corrected chi connectivity index (χ0v) is 20.1. The highest BCUT2D eigenvalue weighted by Gasteiger charge is 2.19. The monoisotopic (exact) mass is 444 g/mol. The lowest BCUT2D eigenvalue weighted by Crippen LogP contribution is -2.24. The van der Waals surface area contributed by atoms with E-state index >= 15 is 0 Å². The minimum Gasteiger partial charge on any atom is -0.394 e. The number of hydrogen-bond acceptors (Lipinski definition) is 4. The van der Waals surface area contributed by atoms with Crippen LogP contribution in [-0.2, 0) is 24.4 Å². The third-order valence-electron chi connectivity index (χ3n) is 5.26. The van der Waals surface area contributed by atoms with Crippen LogP contribution < -0.4 is 11.3 Å². The fourth-order valence-electron chi connectivity index (χ4n) is 3.59. The molecule has 0 radical (unpaired) electrons. The Hall–Kier alpha value is -2.45. The first-order chi connectivity index (χ1) is 14.6. The molecule has 2 N–H and O–H groups in total. The van der Waals surface area contributed by atoms with Gasteiger partial charge in [0.15, 0.2) is 0 Å². The lowest BCUT2D eigenvalue weighted by atomic mass is 10.0. The van der Waals surface area contributed by atoms with Crippen LogP contribution in [0.4, 0.5) is 10.1 Å². The van der Waals surface area contributed by atoms with Gasteiger partial charge in [0.1, 0.15) is 12.5 Å². The fraction of sp³-hybridized carbons (Fsp3) is 0.478. The van der Waals surface area contributed by atoms with Gasteiger partial charge in [0.25, 0.3) is 5.56 Å². The number of nitrogens with zero attached hydrogens (tertiary/aromatic N) is 3. The first kappa shape index (κ1) is 23.2. The Morgan fingerprint density at radius 2 is 2.03 bits per heavy atom. The van der Waals surface area contributed by atoms with Gasteiger partial charge in [0.2, 0.25) is 0 Å². The molecule has 0 aliphatic rings. The van der Waals surface area contributed by atoms with Crippen molar-refractivity contribution in [2.24, 2.45) is 5.92 Å². The zero-order chi connectivity index (χ0) is 22.8. The first-order valence-corrected chi connectivity index (χ1v) is 14.5. The summed E-state index contributed by atoms with van der Waals surface area (Å²) in [6, 6.07) is 6.29. The fourth-order valence-corrected chi connectivity index (χ4v) is 4.35. The minimum atomic E-state index is -1.23. The molecule has 6 nitrogen and oxygen atoms in total. The van der Waals surface area contributed by atoms with E-state index < -0.39 is 8.07 Å². The van der Waals surface area contributed by atoms with Crippen molar-refractivity contribution in [2.75, 3.05) is 12.3 Å². The van der Waals surface area contributed by atoms with E-state index in [4.69, 9.17) is 10.5 Å². The SMILES string of the molecule is CC(C)Cc1c(F)cnc2cc(Cn3cccc(N)c3=O)n(COCC[Si](C)(C)C)c12. The van der Waals surface area contributed by atoms with Crippen LogP contribution in [0.5, 0.6) is 0 Å². The van der Waals surface area contributed by atoms with Gasteiger partial charge >= 0.3 is 0 Å². The molecule has 3 aromatic heterocycles. The molecule has 0 aromatic carbocycles. The van der Waals surface area contributed by atoms with Crippen molar-refractivity contribution in [1.82, 2.24) is 14.1 Å². The molecule has 3 rings (SSSR count). The van der Waals surface area contributed by atoms with Crippen LogP contribution in [0.1, 0.15) is 25.1 Å². The number of fused-ring (bicyclic) bond motifs is 1. The maximum Gasteiger partial charge on any atom is 0.274 e. The average Bonchev–Trinajstić information content (AvgIpc) is 3.01. The zero-order valence-electron chi connectivity index (χ0n) is 19.1. The molecule has 168 valence electrons. The molecule has 3 heterocycles. The van der Waals surface area contributed by atoms with Gasteiger partial charge in [0, 0.05) is 32.1 Å². The Balaban J connectivity index is 2.05. The van der Waals surface area contributed by atoms with Gasteiger partial charge in [0.05, 0.1) is 29.5 Å². The van der Waals surface area contributed by atoms with Crippen molar-refractivity contribution < 1.29 is 9.13 Å². The van der Waals surface area contributed by atoms with E-state index in [1.165, 1.54) is 6.20 Å². The molecule has 0 aliphatic heterocycles. The smallest absolute Gasteiger partial charge is 0.274 e. The average molecular weight is 445 g/mol. The number of rotatable bonds is 9. The molecular formula is C23H33FN4O2Si. The normalized spacial score (nSPS) is 12.2. The second-order valence-electron chi connectivity index (χ2n) is 9.72. The number of anilines is 1. The van der Waals surface area contributed by atoms with E-state index in [0.29, 0.717) is 30.7 Å². The topological polar surface area (TPSA) is 75.1 Å². The maximum absolute atomic E-state index is 14.8. The van der Waals surface area contributed by atoms with Crippen LogP contribution in [0.25, 0.3) is 11.0 Å². The van der Waals surface area contributed by atoms with Crippen molar-refractivity contribution >= 4 is 24.8 Å². The van der Waals surface area contributed by atoms with Crippen LogP contribution in [0.3, 0.4) is 0 Å². The number of hydrogen-bond donors (Lipinski definition) is 1. The molecular weight excluding hydrogens is 411 g/mol. The van der Waals surface area contributed by atoms with Crippen LogP contribution in [0.2, 0.25) is 25.7 Å². The summed E-state index contributed by atoms with van der Waals surface area (Å²) >= 11 is 0. The lowest BCUT2D eigenvalue weighted by molar-refractivity contribution is 0.0881. The molecule has 0 bridgehead atoms. The quantitative estimate of drug-likeness (QED) is 0.390. The maximum atomic E-state index is 14.8. The number of ether oxygens (including phenoxy) is 1. The van der Waals surface area contributed by atoms with Gasteiger partial charge in [-0.15, -0.1) is 0 Å². The van der Waals surface area contributed by atoms with Gasteiger partial charge in [-0.2, -0.15) is 0 Å². The van der Waals surface area contributed by atoms with E-state index in [9.17, 15) is 9.18 Å². The van der Waals surface area contributed by atoms with E-state index in [1.54, 1.807) is 22.9 Å². The van der Waals surface area contributed by atoms with Crippen molar-refractivity contribution in [1.29, 1.82) is 0 Å². The number of pyridine rings is 2. The molecule has 0 saturated heterocycles. The minimum absolute atomic E-state index is 0.196. The summed E-state index contributed by atoms with van der Waals surface area (Å²) in [5, 5.41) is 0. The summed E-state index contributed by atoms with van der Waals surface area (Å²) in [6.45, 7) is 12.3. The number of aromatic nitrogens is 3. The van der Waals surface area contributed by atoms with E-state index in [1.807, 2.05) is 10.6 Å². The Morgan fingerprint density at radius 3 is 2.71 bits per heavy atom. The van der Waals surface area contributed by atoms with E-state index in [2.05, 4.69) is 38.5 Å². The van der Waals surface area contributed by atoms with E-state index in [-0.39, 0.29) is 29.7 Å². The summed E-state index contributed by atoms with van der Waals surface area (Å²) in [7, 11) is -1.23. The van der Waals surface area contributed by atoms with E-state index in [0.717, 1.165) is 17.3 Å². The van der Waals surface area contributed by atoms with Crippen LogP contribution in [0.15, 0.2) is 35.4 Å². The molecule has 8 heteroatoms. The van der Waals surface area contributed by atoms with Gasteiger partial charge in [-0.25, -0.2) is 4.39 Å². The second-order valence-corrected chi connectivity index (χ2v) is 15.3. The highest BCUT2D eigenvalue weighted by molar-refractivity contribution is 6.76. The summed E-state index contributed by atoms with van der Waals surface area (Å²) in [5.41, 5.74) is 8.67. The molecule has 0 saturated carbocycles. The molecule has 0 aliphatic carbocycles. The molecule has 31 heavy (non-hydrogen) atoms. The van der Waals surface area contributed by atoms with Gasteiger partial charge in [-0.3, -0.25) is 9.78 Å². The lowest BCUT2D eigenvalue weighted by Gasteiger charge is -2.18. The Kier molecular flexibility index (Phi) is 7.01. The summed E-state index contributed by atoms with van der Waals surface area (Å²) < 4.78 is 24.3. The Labute approximate surface area is 183 Å². The standard InChI is InChI=1S/C23H33FN4O2Si/c1-16(2)11-18-19(24)13-26-21-12-17(14-27-8-6-7-20(25)23(27)29)28(22(18)21)15-30-9-10-31(3,4)5/h6-8,12-13,16H,9-11,14-15,25H2,1-5H3. The van der Waals surface area contributed by atoms with Gasteiger partial charge in [-0.1, -0.05) is 33.5 Å². The van der Waals surface area contributed by atoms with Crippen molar-refractivity contribution in [3.05, 3.63) is 58.0 Å². The highest BCUT2D eigenvalue weighted by Crippen LogP contribution is 2.27. The number of nitrogens with two attached hydrogens (primary N) is 1. The molecule has 0 spiro atoms. The molecule has 0 fully saturated rings. The first-order valence-electron chi connectivity index (χ1n) is 10.7. The van der Waals surface area contributed by atoms with Gasteiger partial charge < -0.3 is 19.6 Å². The van der Waals surface area contributed by atoms with Crippen LogP contribution >= 0.6 is 0 Å². The van der Waals surface area contributed by atoms with Crippen LogP contribution in [-0.4, -0.2) is 28.8 Å². The number of halogens is 1. The summed E-state index contributed by atoms with van der Waals surface area (Å²) in [6.07, 6.45) is 3.59. The predicted octanol–water partition coefficient (Wildman–Crippen LogP) is 4.48. The summed E-state index contributed by atoms with van der Waals surface area (Å²) in [5.74, 6) is -0.0217.